The van der Waals surface area contributed by atoms with Crippen LogP contribution in [-0.4, -0.2) is 68.5 Å². The van der Waals surface area contributed by atoms with E-state index in [0.29, 0.717) is 35.4 Å². The number of amides is 1. The predicted molar refractivity (Wildman–Crippen MR) is 114 cm³/mol. The van der Waals surface area contributed by atoms with Gasteiger partial charge in [0.05, 0.1) is 17.1 Å². The van der Waals surface area contributed by atoms with Crippen molar-refractivity contribution in [3.05, 3.63) is 42.5 Å². The molecule has 1 N–H and O–H groups in total. The third kappa shape index (κ3) is 3.45. The largest absolute Gasteiger partial charge is 0.465 e. The number of piperidine rings is 1. The number of pyridine rings is 2. The number of anilines is 1. The van der Waals surface area contributed by atoms with Gasteiger partial charge in [0.25, 0.3) is 0 Å². The van der Waals surface area contributed by atoms with Gasteiger partial charge in [-0.2, -0.15) is 0 Å². The number of aldehydes is 1. The molecule has 1 amide bonds. The maximum atomic E-state index is 11.7. The number of carbonyl (C=O) groups excluding carboxylic acids is 1. The van der Waals surface area contributed by atoms with Crippen LogP contribution in [0.15, 0.2) is 36.9 Å². The summed E-state index contributed by atoms with van der Waals surface area (Å²) in [6, 6.07) is 3.71. The lowest BCUT2D eigenvalue weighted by Gasteiger charge is -2.40. The van der Waals surface area contributed by atoms with Crippen molar-refractivity contribution in [2.75, 3.05) is 31.1 Å². The fourth-order valence-electron chi connectivity index (χ4n) is 4.74. The minimum Gasteiger partial charge on any atom is -0.465 e. The van der Waals surface area contributed by atoms with E-state index in [0.717, 1.165) is 50.0 Å². The molecule has 9 nitrogen and oxygen atoms in total. The first-order valence-electron chi connectivity index (χ1n) is 10.3. The summed E-state index contributed by atoms with van der Waals surface area (Å²) in [7, 11) is 0. The van der Waals surface area contributed by atoms with Gasteiger partial charge in [-0.15, -0.1) is 0 Å². The van der Waals surface area contributed by atoms with Gasteiger partial charge in [-0.25, -0.2) is 14.8 Å². The van der Waals surface area contributed by atoms with E-state index < -0.39 is 6.09 Å². The van der Waals surface area contributed by atoms with Crippen LogP contribution in [0.3, 0.4) is 0 Å². The summed E-state index contributed by atoms with van der Waals surface area (Å²) < 4.78 is 0. The molecular weight excluding hydrogens is 396 g/mol. The van der Waals surface area contributed by atoms with E-state index in [1.54, 1.807) is 24.8 Å². The molecule has 0 radical (unpaired) electrons. The molecule has 3 aromatic rings. The van der Waals surface area contributed by atoms with Gasteiger partial charge in [-0.3, -0.25) is 14.8 Å². The van der Waals surface area contributed by atoms with E-state index >= 15 is 0 Å². The van der Waals surface area contributed by atoms with Crippen LogP contribution < -0.4 is 4.90 Å². The maximum absolute atomic E-state index is 11.7. The summed E-state index contributed by atoms with van der Waals surface area (Å²) in [5.74, 6) is 1.29. The number of aromatic nitrogens is 4. The summed E-state index contributed by atoms with van der Waals surface area (Å²) >= 11 is 0. The highest BCUT2D eigenvalue weighted by atomic mass is 16.4. The number of rotatable bonds is 3. The Hall–Kier alpha value is -3.62. The Morgan fingerprint density at radius 3 is 2.45 bits per heavy atom. The van der Waals surface area contributed by atoms with Gasteiger partial charge >= 0.3 is 6.09 Å². The van der Waals surface area contributed by atoms with Crippen LogP contribution in [0.25, 0.3) is 22.3 Å². The van der Waals surface area contributed by atoms with Crippen LogP contribution >= 0.6 is 0 Å². The van der Waals surface area contributed by atoms with Crippen molar-refractivity contribution in [3.63, 3.8) is 0 Å². The summed E-state index contributed by atoms with van der Waals surface area (Å²) in [5.41, 5.74) is 1.96. The molecule has 0 bridgehead atoms. The molecule has 2 aliphatic rings. The van der Waals surface area contributed by atoms with Crippen molar-refractivity contribution in [2.45, 2.75) is 19.3 Å². The highest BCUT2D eigenvalue weighted by Crippen LogP contribution is 2.42. The summed E-state index contributed by atoms with van der Waals surface area (Å²) in [6.45, 7) is 2.68. The number of carboxylic acid groups (broad SMARTS) is 1. The zero-order valence-electron chi connectivity index (χ0n) is 16.9. The van der Waals surface area contributed by atoms with Crippen LogP contribution in [0.4, 0.5) is 10.6 Å². The van der Waals surface area contributed by atoms with Crippen LogP contribution in [0.2, 0.25) is 0 Å². The van der Waals surface area contributed by atoms with Gasteiger partial charge in [0.2, 0.25) is 0 Å². The number of fused-ring (bicyclic) bond motifs is 1. The first-order chi connectivity index (χ1) is 15.1. The molecule has 1 spiro atoms. The summed E-state index contributed by atoms with van der Waals surface area (Å²) in [5, 5.41) is 10.0. The molecular formula is C22H22N6O3. The highest BCUT2D eigenvalue weighted by molar-refractivity contribution is 6.02. The molecule has 5 heterocycles. The summed E-state index contributed by atoms with van der Waals surface area (Å²) in [4.78, 5) is 44.5. The van der Waals surface area contributed by atoms with Gasteiger partial charge in [-0.1, -0.05) is 0 Å². The second-order valence-electron chi connectivity index (χ2n) is 8.29. The van der Waals surface area contributed by atoms with Crippen molar-refractivity contribution in [1.82, 2.24) is 24.8 Å². The number of hydrogen-bond acceptors (Lipinski definition) is 7. The second-order valence-corrected chi connectivity index (χ2v) is 8.29. The van der Waals surface area contributed by atoms with E-state index in [9.17, 15) is 14.7 Å². The van der Waals surface area contributed by atoms with Crippen molar-refractivity contribution >= 4 is 29.1 Å². The van der Waals surface area contributed by atoms with Gasteiger partial charge in [0, 0.05) is 55.9 Å². The SMILES string of the molecule is O=Cc1cncc2nc(-c3ccncc3)nc(N3CCC4(CCN(C(=O)O)C4)CC3)c12. The molecule has 2 fully saturated rings. The van der Waals surface area contributed by atoms with E-state index in [1.807, 2.05) is 12.1 Å². The topological polar surface area (TPSA) is 112 Å². The fraction of sp³-hybridized carbons (Fsp3) is 0.364. The number of hydrogen-bond donors (Lipinski definition) is 1. The van der Waals surface area contributed by atoms with Crippen molar-refractivity contribution < 1.29 is 14.7 Å². The molecule has 158 valence electrons. The maximum Gasteiger partial charge on any atom is 0.407 e. The Kier molecular flexibility index (Phi) is 4.72. The van der Waals surface area contributed by atoms with Gasteiger partial charge < -0.3 is 14.9 Å². The monoisotopic (exact) mass is 418 g/mol. The van der Waals surface area contributed by atoms with Crippen LogP contribution in [0, 0.1) is 5.41 Å². The smallest absolute Gasteiger partial charge is 0.407 e. The van der Waals surface area contributed by atoms with Gasteiger partial charge in [0.15, 0.2) is 12.1 Å². The molecule has 0 saturated carbocycles. The van der Waals surface area contributed by atoms with Crippen LogP contribution in [0.5, 0.6) is 0 Å². The minimum atomic E-state index is -0.841. The molecule has 0 atom stereocenters. The number of nitrogens with zero attached hydrogens (tertiary/aromatic N) is 6. The third-order valence-electron chi connectivity index (χ3n) is 6.51. The van der Waals surface area contributed by atoms with E-state index in [-0.39, 0.29) is 5.41 Å². The fourth-order valence-corrected chi connectivity index (χ4v) is 4.74. The Morgan fingerprint density at radius 2 is 1.77 bits per heavy atom. The predicted octanol–water partition coefficient (Wildman–Crippen LogP) is 2.87. The molecule has 2 saturated heterocycles. The zero-order valence-corrected chi connectivity index (χ0v) is 16.9. The Balaban J connectivity index is 1.52. The Morgan fingerprint density at radius 1 is 1.03 bits per heavy atom. The molecule has 2 aliphatic heterocycles. The number of likely N-dealkylation sites (tertiary alicyclic amines) is 1. The number of carbonyl (C=O) groups is 2. The lowest BCUT2D eigenvalue weighted by atomic mass is 9.77. The van der Waals surface area contributed by atoms with Gasteiger partial charge in [0.1, 0.15) is 5.82 Å². The Bertz CT molecular complexity index is 1140. The molecule has 5 rings (SSSR count). The molecule has 9 heteroatoms. The van der Waals surface area contributed by atoms with Crippen LogP contribution in [-0.2, 0) is 0 Å². The lowest BCUT2D eigenvalue weighted by Crippen LogP contribution is -2.42. The minimum absolute atomic E-state index is 0.0285. The first-order valence-corrected chi connectivity index (χ1v) is 10.3. The van der Waals surface area contributed by atoms with Crippen molar-refractivity contribution in [3.8, 4) is 11.4 Å². The van der Waals surface area contributed by atoms with E-state index in [2.05, 4.69) is 19.9 Å². The quantitative estimate of drug-likeness (QED) is 0.646. The standard InChI is InChI=1S/C22H22N6O3/c29-13-16-11-24-12-17-18(16)20(26-19(25-17)15-1-6-23-7-2-15)27-8-3-22(4-9-27)5-10-28(14-22)21(30)31/h1-2,6-7,11-13H,3-5,8-10,14H2,(H,30,31). The lowest BCUT2D eigenvalue weighted by molar-refractivity contribution is 0.112. The average molecular weight is 418 g/mol. The normalized spacial score (nSPS) is 17.9. The van der Waals surface area contributed by atoms with Gasteiger partial charge in [-0.05, 0) is 36.8 Å². The molecule has 0 aromatic carbocycles. The van der Waals surface area contributed by atoms with Crippen LogP contribution in [0.1, 0.15) is 29.6 Å². The Labute approximate surface area is 178 Å². The van der Waals surface area contributed by atoms with Crippen molar-refractivity contribution in [2.24, 2.45) is 5.41 Å². The highest BCUT2D eigenvalue weighted by Gasteiger charge is 2.42. The third-order valence-corrected chi connectivity index (χ3v) is 6.51. The molecule has 0 aliphatic carbocycles. The zero-order chi connectivity index (χ0) is 21.4. The summed E-state index contributed by atoms with van der Waals surface area (Å²) in [6.07, 6.45) is 9.20. The van der Waals surface area contributed by atoms with Crippen molar-refractivity contribution in [1.29, 1.82) is 0 Å². The van der Waals surface area contributed by atoms with E-state index in [4.69, 9.17) is 4.98 Å². The first kappa shape index (κ1) is 19.3. The molecule has 3 aromatic heterocycles. The molecule has 31 heavy (non-hydrogen) atoms. The van der Waals surface area contributed by atoms with E-state index in [1.165, 1.54) is 4.90 Å². The molecule has 0 unspecified atom stereocenters. The second kappa shape index (κ2) is 7.57. The average Bonchev–Trinajstić information content (AvgIpc) is 3.23.